The van der Waals surface area contributed by atoms with Crippen molar-refractivity contribution in [2.75, 3.05) is 0 Å². The van der Waals surface area contributed by atoms with Crippen LogP contribution in [-0.2, 0) is 0 Å². The molecular formula is N3O9Pm-3. The quantitative estimate of drug-likeness (QED) is 0.405. The Labute approximate surface area is 101 Å². The van der Waals surface area contributed by atoms with E-state index >= 15 is 0 Å². The first-order valence-electron chi connectivity index (χ1n) is 1.64. The van der Waals surface area contributed by atoms with Crippen LogP contribution in [0.25, 0.3) is 0 Å². The van der Waals surface area contributed by atoms with Gasteiger partial charge in [-0.05, 0) is 0 Å². The van der Waals surface area contributed by atoms with Crippen LogP contribution in [0, 0.1) is 86.4 Å². The largest absolute Gasteiger partial charge is 0.356 e. The Balaban J connectivity index is -0.0000000450. The summed E-state index contributed by atoms with van der Waals surface area (Å²) in [7, 11) is 0. The van der Waals surface area contributed by atoms with Gasteiger partial charge in [0, 0.05) is 40.4 Å². The third kappa shape index (κ3) is 774. The van der Waals surface area contributed by atoms with Crippen molar-refractivity contribution in [3.8, 4) is 0 Å². The molecule has 1 radical (unpaired) electrons. The average molecular weight is 331 g/mol. The first-order valence-corrected chi connectivity index (χ1v) is 1.64. The third-order valence-electron chi connectivity index (χ3n) is 0. The van der Waals surface area contributed by atoms with Crippen molar-refractivity contribution >= 4 is 0 Å². The zero-order valence-corrected chi connectivity index (χ0v) is 8.33. The average Bonchev–Trinajstić information content (AvgIpc) is 1.54. The van der Waals surface area contributed by atoms with Crippen molar-refractivity contribution < 1.29 is 55.6 Å². The van der Waals surface area contributed by atoms with Gasteiger partial charge >= 0.3 is 0 Å². The van der Waals surface area contributed by atoms with Crippen LogP contribution in [0.4, 0.5) is 0 Å². The van der Waals surface area contributed by atoms with Crippen LogP contribution in [0.2, 0.25) is 0 Å². The van der Waals surface area contributed by atoms with Gasteiger partial charge in [0.25, 0.3) is 0 Å². The van der Waals surface area contributed by atoms with Gasteiger partial charge < -0.3 is 46.0 Å². The van der Waals surface area contributed by atoms with E-state index < -0.39 is 15.3 Å². The fourth-order valence-electron chi connectivity index (χ4n) is 0. The van der Waals surface area contributed by atoms with Crippen LogP contribution in [0.5, 0.6) is 0 Å². The van der Waals surface area contributed by atoms with Gasteiger partial charge in [-0.2, -0.15) is 0 Å². The summed E-state index contributed by atoms with van der Waals surface area (Å²) >= 11 is 0. The standard InChI is InChI=1S/3NO3.Pm/c3*2-1(3)4;/q3*-1;. The number of hydrogen-bond donors (Lipinski definition) is 0. The summed E-state index contributed by atoms with van der Waals surface area (Å²) in [6, 6.07) is 0. The van der Waals surface area contributed by atoms with Crippen molar-refractivity contribution in [3.63, 3.8) is 0 Å². The molecule has 0 aliphatic carbocycles. The molecule has 0 aliphatic heterocycles. The Morgan fingerprint density at radius 3 is 0.538 bits per heavy atom. The summed E-state index contributed by atoms with van der Waals surface area (Å²) in [6.45, 7) is 0. The van der Waals surface area contributed by atoms with E-state index in [2.05, 4.69) is 0 Å². The number of rotatable bonds is 0. The van der Waals surface area contributed by atoms with Crippen LogP contribution in [0.3, 0.4) is 0 Å². The van der Waals surface area contributed by atoms with E-state index in [1.54, 1.807) is 0 Å². The van der Waals surface area contributed by atoms with Gasteiger partial charge in [0.1, 0.15) is 0 Å². The summed E-state index contributed by atoms with van der Waals surface area (Å²) in [6.07, 6.45) is 0. The van der Waals surface area contributed by atoms with Gasteiger partial charge in [0.05, 0.1) is 15.3 Å². The minimum Gasteiger partial charge on any atom is -0.356 e. The molecule has 0 aromatic carbocycles. The molecule has 0 saturated carbocycles. The Bertz CT molecular complexity index is 112. The fourth-order valence-corrected chi connectivity index (χ4v) is 0. The summed E-state index contributed by atoms with van der Waals surface area (Å²) in [4.78, 5) is 24.8. The smallest absolute Gasteiger partial charge is 0.0689 e. The number of nitrogens with zero attached hydrogens (tertiary/aromatic N) is 3. The molecule has 0 bridgehead atoms. The van der Waals surface area contributed by atoms with E-state index in [1.807, 2.05) is 0 Å². The van der Waals surface area contributed by atoms with Crippen LogP contribution < -0.4 is 0 Å². The van der Waals surface area contributed by atoms with E-state index in [0.29, 0.717) is 0 Å². The van der Waals surface area contributed by atoms with Gasteiger partial charge in [0.2, 0.25) is 0 Å². The molecule has 0 amide bonds. The maximum atomic E-state index is 8.25. The molecule has 0 aliphatic rings. The number of hydrogen-bond acceptors (Lipinski definition) is 9. The predicted molar refractivity (Wildman–Crippen MR) is 31.1 cm³/mol. The zero-order chi connectivity index (χ0) is 10.7. The molecule has 0 N–H and O–H groups in total. The van der Waals surface area contributed by atoms with E-state index in [-0.39, 0.29) is 40.4 Å². The van der Waals surface area contributed by atoms with Crippen molar-refractivity contribution in [2.24, 2.45) is 0 Å². The van der Waals surface area contributed by atoms with Crippen LogP contribution in [0.1, 0.15) is 0 Å². The van der Waals surface area contributed by atoms with Gasteiger partial charge in [0.15, 0.2) is 0 Å². The van der Waals surface area contributed by atoms with Crippen molar-refractivity contribution in [1.29, 1.82) is 0 Å². The molecule has 0 heterocycles. The van der Waals surface area contributed by atoms with E-state index in [1.165, 1.54) is 0 Å². The van der Waals surface area contributed by atoms with Crippen molar-refractivity contribution in [2.45, 2.75) is 0 Å². The molecular weight excluding hydrogens is 331 g/mol. The molecule has 0 aromatic rings. The predicted octanol–water partition coefficient (Wildman–Crippen LogP) is -0.717. The summed E-state index contributed by atoms with van der Waals surface area (Å²) < 4.78 is 0. The minimum absolute atomic E-state index is 0. The maximum absolute atomic E-state index is 8.25. The molecule has 0 saturated heterocycles. The SMILES string of the molecule is O=[N+]([O-])[O-].O=[N+]([O-])[O-].O=[N+]([O-])[O-].[Pm]. The van der Waals surface area contributed by atoms with E-state index in [0.717, 1.165) is 0 Å². The molecule has 12 nitrogen and oxygen atoms in total. The second-order valence-corrected chi connectivity index (χ2v) is 0.671. The first kappa shape index (κ1) is 22.7. The van der Waals surface area contributed by atoms with Gasteiger partial charge in [-0.15, -0.1) is 0 Å². The van der Waals surface area contributed by atoms with Crippen molar-refractivity contribution in [3.05, 3.63) is 46.0 Å². The van der Waals surface area contributed by atoms with Gasteiger partial charge in [-0.25, -0.2) is 0 Å². The van der Waals surface area contributed by atoms with Crippen LogP contribution in [0.15, 0.2) is 0 Å². The second kappa shape index (κ2) is 17.1. The normalized spacial score (nSPS) is 5.54. The molecule has 0 rings (SSSR count). The van der Waals surface area contributed by atoms with Crippen LogP contribution >= 0.6 is 0 Å². The monoisotopic (exact) mass is 331 g/mol. The first-order chi connectivity index (χ1) is 5.20. The molecule has 0 unspecified atom stereocenters. The van der Waals surface area contributed by atoms with Gasteiger partial charge in [-0.1, -0.05) is 0 Å². The zero-order valence-electron chi connectivity index (χ0n) is 5.46. The molecule has 77 valence electrons. The summed E-state index contributed by atoms with van der Waals surface area (Å²) in [5.74, 6) is 0. The second-order valence-electron chi connectivity index (χ2n) is 0.671. The fraction of sp³-hybridized carbons (Fsp3) is 0. The van der Waals surface area contributed by atoms with Gasteiger partial charge in [-0.3, -0.25) is 0 Å². The van der Waals surface area contributed by atoms with E-state index in [4.69, 9.17) is 46.0 Å². The Hall–Kier alpha value is -1.06. The molecule has 0 aromatic heterocycles. The Morgan fingerprint density at radius 1 is 0.538 bits per heavy atom. The molecule has 0 atom stereocenters. The topological polar surface area (TPSA) is 199 Å². The third-order valence-corrected chi connectivity index (χ3v) is 0. The Morgan fingerprint density at radius 2 is 0.538 bits per heavy atom. The Kier molecular flexibility index (Phi) is 29.9. The van der Waals surface area contributed by atoms with Crippen LogP contribution in [-0.4, -0.2) is 15.3 Å². The molecule has 13 heavy (non-hydrogen) atoms. The van der Waals surface area contributed by atoms with Crippen molar-refractivity contribution in [1.82, 2.24) is 0 Å². The maximum Gasteiger partial charge on any atom is 0.0689 e. The molecule has 13 heteroatoms. The summed E-state index contributed by atoms with van der Waals surface area (Å²) in [5, 5.41) is 44.2. The molecule has 0 spiro atoms. The minimum atomic E-state index is -1.75. The summed E-state index contributed by atoms with van der Waals surface area (Å²) in [5.41, 5.74) is 0. The van der Waals surface area contributed by atoms with E-state index in [9.17, 15) is 0 Å². The molecule has 0 fully saturated rings.